The number of aryl methyl sites for hydroxylation is 1. The van der Waals surface area contributed by atoms with E-state index in [1.54, 1.807) is 0 Å². The molecule has 1 aromatic rings. The van der Waals surface area contributed by atoms with Crippen LogP contribution in [0.25, 0.3) is 0 Å². The summed E-state index contributed by atoms with van der Waals surface area (Å²) in [4.78, 5) is 8.46. The Morgan fingerprint density at radius 2 is 2.24 bits per heavy atom. The molecule has 1 heterocycles. The SMILES string of the molecule is CCC(C)(C)N(C)c1nc2c(s1)CCCC2N. The Morgan fingerprint density at radius 3 is 2.82 bits per heavy atom. The minimum atomic E-state index is 0.155. The fourth-order valence-corrected chi connectivity index (χ4v) is 3.37. The number of thiazole rings is 1. The number of rotatable bonds is 3. The Morgan fingerprint density at radius 1 is 1.53 bits per heavy atom. The molecule has 0 saturated heterocycles. The van der Waals surface area contributed by atoms with Crippen LogP contribution in [0.15, 0.2) is 0 Å². The summed E-state index contributed by atoms with van der Waals surface area (Å²) in [6.45, 7) is 6.73. The average molecular weight is 253 g/mol. The van der Waals surface area contributed by atoms with Crippen LogP contribution in [0.1, 0.15) is 56.6 Å². The first-order valence-corrected chi connectivity index (χ1v) is 7.26. The van der Waals surface area contributed by atoms with Gasteiger partial charge in [0.2, 0.25) is 0 Å². The Hall–Kier alpha value is -0.610. The van der Waals surface area contributed by atoms with Gasteiger partial charge in [-0.2, -0.15) is 0 Å². The highest BCUT2D eigenvalue weighted by Crippen LogP contribution is 2.37. The summed E-state index contributed by atoms with van der Waals surface area (Å²) in [6.07, 6.45) is 4.55. The molecule has 17 heavy (non-hydrogen) atoms. The van der Waals surface area contributed by atoms with Crippen molar-refractivity contribution in [1.29, 1.82) is 0 Å². The third kappa shape index (κ3) is 2.33. The largest absolute Gasteiger partial charge is 0.346 e. The Labute approximate surface area is 108 Å². The van der Waals surface area contributed by atoms with Crippen molar-refractivity contribution in [2.45, 2.75) is 58.0 Å². The smallest absolute Gasteiger partial charge is 0.186 e. The van der Waals surface area contributed by atoms with Crippen molar-refractivity contribution in [3.8, 4) is 0 Å². The molecular weight excluding hydrogens is 230 g/mol. The summed E-state index contributed by atoms with van der Waals surface area (Å²) in [5.41, 5.74) is 7.43. The number of fused-ring (bicyclic) bond motifs is 1. The van der Waals surface area contributed by atoms with Crippen LogP contribution in [-0.2, 0) is 6.42 Å². The van der Waals surface area contributed by atoms with Gasteiger partial charge in [-0.05, 0) is 39.5 Å². The molecule has 1 aliphatic carbocycles. The summed E-state index contributed by atoms with van der Waals surface area (Å²) < 4.78 is 0. The van der Waals surface area contributed by atoms with Crippen molar-refractivity contribution in [2.24, 2.45) is 5.73 Å². The molecule has 0 amide bonds. The molecule has 0 radical (unpaired) electrons. The molecule has 1 unspecified atom stereocenters. The van der Waals surface area contributed by atoms with Gasteiger partial charge in [-0.15, -0.1) is 11.3 Å². The van der Waals surface area contributed by atoms with Crippen molar-refractivity contribution < 1.29 is 0 Å². The van der Waals surface area contributed by atoms with Crippen LogP contribution in [0, 0.1) is 0 Å². The van der Waals surface area contributed by atoms with Crippen LogP contribution in [0.2, 0.25) is 0 Å². The minimum Gasteiger partial charge on any atom is -0.346 e. The van der Waals surface area contributed by atoms with Crippen molar-refractivity contribution in [1.82, 2.24) is 4.98 Å². The number of hydrogen-bond acceptors (Lipinski definition) is 4. The summed E-state index contributed by atoms with van der Waals surface area (Å²) in [5, 5.41) is 1.12. The second-order valence-electron chi connectivity index (χ2n) is 5.53. The van der Waals surface area contributed by atoms with E-state index in [2.05, 4.69) is 32.7 Å². The highest BCUT2D eigenvalue weighted by Gasteiger charge is 2.27. The van der Waals surface area contributed by atoms with Gasteiger partial charge in [0.05, 0.1) is 5.69 Å². The Kier molecular flexibility index (Phi) is 3.46. The van der Waals surface area contributed by atoms with Gasteiger partial charge in [-0.1, -0.05) is 6.92 Å². The molecule has 1 atom stereocenters. The highest BCUT2D eigenvalue weighted by atomic mass is 32.1. The number of aromatic nitrogens is 1. The lowest BCUT2D eigenvalue weighted by molar-refractivity contribution is 0.469. The van der Waals surface area contributed by atoms with Crippen LogP contribution in [0.3, 0.4) is 0 Å². The number of anilines is 1. The number of nitrogens with zero attached hydrogens (tertiary/aromatic N) is 2. The van der Waals surface area contributed by atoms with E-state index in [1.807, 2.05) is 11.3 Å². The van der Waals surface area contributed by atoms with E-state index in [0.29, 0.717) is 0 Å². The molecule has 3 nitrogen and oxygen atoms in total. The average Bonchev–Trinajstić information content (AvgIpc) is 2.73. The fourth-order valence-electron chi connectivity index (χ4n) is 2.08. The molecule has 2 rings (SSSR count). The predicted octanol–water partition coefficient (Wildman–Crippen LogP) is 3.10. The van der Waals surface area contributed by atoms with E-state index in [9.17, 15) is 0 Å². The molecule has 0 spiro atoms. The summed E-state index contributed by atoms with van der Waals surface area (Å²) in [6, 6.07) is 0.155. The van der Waals surface area contributed by atoms with Crippen LogP contribution >= 0.6 is 11.3 Å². The molecule has 1 aromatic heterocycles. The fraction of sp³-hybridized carbons (Fsp3) is 0.769. The second-order valence-corrected chi connectivity index (χ2v) is 6.59. The molecule has 1 aliphatic rings. The van der Waals surface area contributed by atoms with E-state index in [-0.39, 0.29) is 11.6 Å². The molecule has 4 heteroatoms. The third-order valence-corrected chi connectivity index (χ3v) is 5.25. The maximum absolute atomic E-state index is 6.13. The van der Waals surface area contributed by atoms with Gasteiger partial charge in [0.15, 0.2) is 5.13 Å². The van der Waals surface area contributed by atoms with Gasteiger partial charge in [-0.25, -0.2) is 4.98 Å². The first-order valence-electron chi connectivity index (χ1n) is 6.44. The lowest BCUT2D eigenvalue weighted by Crippen LogP contribution is -2.40. The zero-order valence-corrected chi connectivity index (χ0v) is 12.1. The maximum Gasteiger partial charge on any atom is 0.186 e. The molecule has 2 N–H and O–H groups in total. The topological polar surface area (TPSA) is 42.2 Å². The molecular formula is C13H23N3S. The van der Waals surface area contributed by atoms with Crippen molar-refractivity contribution in [2.75, 3.05) is 11.9 Å². The lowest BCUT2D eigenvalue weighted by atomic mass is 9.98. The molecule has 0 aromatic carbocycles. The van der Waals surface area contributed by atoms with E-state index in [0.717, 1.165) is 30.1 Å². The maximum atomic E-state index is 6.13. The predicted molar refractivity (Wildman–Crippen MR) is 74.8 cm³/mol. The highest BCUT2D eigenvalue weighted by molar-refractivity contribution is 7.15. The van der Waals surface area contributed by atoms with Crippen LogP contribution < -0.4 is 10.6 Å². The van der Waals surface area contributed by atoms with Crippen LogP contribution in [0.5, 0.6) is 0 Å². The molecule has 96 valence electrons. The Balaban J connectivity index is 2.29. The number of nitrogens with two attached hydrogens (primary N) is 1. The van der Waals surface area contributed by atoms with Gasteiger partial charge < -0.3 is 10.6 Å². The normalized spacial score (nSPS) is 20.2. The van der Waals surface area contributed by atoms with E-state index >= 15 is 0 Å². The van der Waals surface area contributed by atoms with E-state index < -0.39 is 0 Å². The summed E-state index contributed by atoms with van der Waals surface area (Å²) >= 11 is 1.82. The quantitative estimate of drug-likeness (QED) is 0.900. The van der Waals surface area contributed by atoms with Crippen molar-refractivity contribution in [3.05, 3.63) is 10.6 Å². The first kappa shape index (κ1) is 12.8. The third-order valence-electron chi connectivity index (χ3n) is 4.05. The minimum absolute atomic E-state index is 0.155. The van der Waals surface area contributed by atoms with Crippen molar-refractivity contribution >= 4 is 16.5 Å². The van der Waals surface area contributed by atoms with Gasteiger partial charge in [0.1, 0.15) is 0 Å². The van der Waals surface area contributed by atoms with Gasteiger partial charge in [0.25, 0.3) is 0 Å². The van der Waals surface area contributed by atoms with Crippen LogP contribution in [0.4, 0.5) is 5.13 Å². The summed E-state index contributed by atoms with van der Waals surface area (Å²) in [7, 11) is 2.14. The van der Waals surface area contributed by atoms with Crippen molar-refractivity contribution in [3.63, 3.8) is 0 Å². The van der Waals surface area contributed by atoms with Gasteiger partial charge in [-0.3, -0.25) is 0 Å². The van der Waals surface area contributed by atoms with Gasteiger partial charge >= 0.3 is 0 Å². The first-order chi connectivity index (χ1) is 7.95. The zero-order valence-electron chi connectivity index (χ0n) is 11.3. The molecule has 0 aliphatic heterocycles. The summed E-state index contributed by atoms with van der Waals surface area (Å²) in [5.74, 6) is 0. The van der Waals surface area contributed by atoms with Gasteiger partial charge in [0, 0.05) is 23.5 Å². The monoisotopic (exact) mass is 253 g/mol. The van der Waals surface area contributed by atoms with Crippen LogP contribution in [-0.4, -0.2) is 17.6 Å². The van der Waals surface area contributed by atoms with E-state index in [4.69, 9.17) is 10.7 Å². The molecule has 0 saturated carbocycles. The zero-order chi connectivity index (χ0) is 12.6. The lowest BCUT2D eigenvalue weighted by Gasteiger charge is -2.34. The number of hydrogen-bond donors (Lipinski definition) is 1. The molecule has 0 fully saturated rings. The van der Waals surface area contributed by atoms with E-state index in [1.165, 1.54) is 11.3 Å². The molecule has 0 bridgehead atoms. The standard InChI is InChI=1S/C13H23N3S/c1-5-13(2,3)16(4)12-15-11-9(14)7-6-8-10(11)17-12/h9H,5-8,14H2,1-4H3. The Bertz CT molecular complexity index is 397. The second kappa shape index (κ2) is 4.58.